The first-order valence-electron chi connectivity index (χ1n) is 7.78. The van der Waals surface area contributed by atoms with E-state index < -0.39 is 5.69 Å². The Morgan fingerprint density at radius 1 is 1.00 bits per heavy atom. The first kappa shape index (κ1) is 15.1. The van der Waals surface area contributed by atoms with Crippen LogP contribution in [0.4, 0.5) is 0 Å². The van der Waals surface area contributed by atoms with Crippen LogP contribution in [0.5, 0.6) is 0 Å². The fourth-order valence-electron chi connectivity index (χ4n) is 2.87. The number of para-hydroxylation sites is 1. The maximum absolute atomic E-state index is 13.1. The van der Waals surface area contributed by atoms with Crippen molar-refractivity contribution in [1.29, 1.82) is 0 Å². The molecule has 0 spiro atoms. The van der Waals surface area contributed by atoms with E-state index in [1.54, 1.807) is 42.5 Å². The Hall–Kier alpha value is -3.48. The summed E-state index contributed by atoms with van der Waals surface area (Å²) < 4.78 is 4.34. The van der Waals surface area contributed by atoms with Crippen LogP contribution >= 0.6 is 0 Å². The van der Waals surface area contributed by atoms with Crippen molar-refractivity contribution in [2.75, 3.05) is 0 Å². The van der Waals surface area contributed by atoms with Gasteiger partial charge in [0.05, 0.1) is 18.6 Å². The van der Waals surface area contributed by atoms with Gasteiger partial charge in [-0.25, -0.2) is 14.3 Å². The summed E-state index contributed by atoms with van der Waals surface area (Å²) in [5.74, 6) is 0. The molecule has 7 heteroatoms. The van der Waals surface area contributed by atoms with Crippen LogP contribution in [0.25, 0.3) is 16.9 Å². The van der Waals surface area contributed by atoms with Crippen molar-refractivity contribution >= 4 is 11.2 Å². The van der Waals surface area contributed by atoms with Gasteiger partial charge in [-0.1, -0.05) is 18.2 Å². The van der Waals surface area contributed by atoms with E-state index in [1.807, 2.05) is 30.3 Å². The fourth-order valence-corrected chi connectivity index (χ4v) is 2.87. The van der Waals surface area contributed by atoms with E-state index in [9.17, 15) is 9.59 Å². The van der Waals surface area contributed by atoms with Crippen molar-refractivity contribution in [3.05, 3.63) is 87.6 Å². The highest BCUT2D eigenvalue weighted by molar-refractivity contribution is 5.72. The predicted molar refractivity (Wildman–Crippen MR) is 93.9 cm³/mol. The average Bonchev–Trinajstić information content (AvgIpc) is 3.02. The molecule has 3 aromatic heterocycles. The van der Waals surface area contributed by atoms with Gasteiger partial charge in [-0.15, -0.1) is 0 Å². The van der Waals surface area contributed by atoms with Crippen molar-refractivity contribution in [2.45, 2.75) is 6.54 Å². The summed E-state index contributed by atoms with van der Waals surface area (Å²) in [5.41, 5.74) is 1.46. The zero-order valence-electron chi connectivity index (χ0n) is 13.5. The number of hydrogen-bond donors (Lipinski definition) is 0. The maximum Gasteiger partial charge on any atom is 0.337 e. The summed E-state index contributed by atoms with van der Waals surface area (Å²) in [6.07, 6.45) is 4.82. The number of hydrogen-bond acceptors (Lipinski definition) is 4. The zero-order valence-corrected chi connectivity index (χ0v) is 13.5. The fraction of sp³-hybridized carbons (Fsp3) is 0.111. The van der Waals surface area contributed by atoms with Crippen molar-refractivity contribution in [3.8, 4) is 5.69 Å². The van der Waals surface area contributed by atoms with E-state index in [-0.39, 0.29) is 12.1 Å². The normalized spacial score (nSPS) is 11.1. The summed E-state index contributed by atoms with van der Waals surface area (Å²) in [6.45, 7) is 0.175. The van der Waals surface area contributed by atoms with Gasteiger partial charge in [0, 0.05) is 19.4 Å². The van der Waals surface area contributed by atoms with Gasteiger partial charge in [0.15, 0.2) is 11.2 Å². The van der Waals surface area contributed by atoms with Gasteiger partial charge in [0.2, 0.25) is 0 Å². The molecule has 1 aromatic carbocycles. The van der Waals surface area contributed by atoms with Crippen LogP contribution in [-0.2, 0) is 13.6 Å². The van der Waals surface area contributed by atoms with E-state index in [0.717, 1.165) is 5.56 Å². The van der Waals surface area contributed by atoms with E-state index in [2.05, 4.69) is 9.97 Å². The standard InChI is InChI=1S/C18H15N5O2/c1-21-12-20-16-15(21)17(24)22(11-13-7-9-19-10-8-13)18(25)23(16)14-5-3-2-4-6-14/h2-10,12H,11H2,1H3. The molecule has 0 aliphatic rings. The number of nitrogens with zero attached hydrogens (tertiary/aromatic N) is 5. The van der Waals surface area contributed by atoms with Gasteiger partial charge < -0.3 is 4.57 Å². The molecule has 0 saturated heterocycles. The summed E-state index contributed by atoms with van der Waals surface area (Å²) in [7, 11) is 1.74. The molecule has 25 heavy (non-hydrogen) atoms. The third-order valence-corrected chi connectivity index (χ3v) is 4.10. The molecule has 0 fully saturated rings. The highest BCUT2D eigenvalue weighted by atomic mass is 16.2. The Morgan fingerprint density at radius 2 is 1.72 bits per heavy atom. The molecule has 124 valence electrons. The Morgan fingerprint density at radius 3 is 2.44 bits per heavy atom. The van der Waals surface area contributed by atoms with Crippen molar-refractivity contribution in [1.82, 2.24) is 23.7 Å². The molecule has 0 saturated carbocycles. The lowest BCUT2D eigenvalue weighted by molar-refractivity contribution is 0.679. The Balaban J connectivity index is 2.05. The number of fused-ring (bicyclic) bond motifs is 1. The third-order valence-electron chi connectivity index (χ3n) is 4.10. The van der Waals surface area contributed by atoms with Crippen molar-refractivity contribution in [2.24, 2.45) is 7.05 Å². The molecule has 3 heterocycles. The SMILES string of the molecule is Cn1cnc2c1c(=O)n(Cc1ccncc1)c(=O)n2-c1ccccc1. The lowest BCUT2D eigenvalue weighted by Gasteiger charge is -2.12. The number of aromatic nitrogens is 5. The van der Waals surface area contributed by atoms with E-state index in [1.165, 1.54) is 9.13 Å². The second kappa shape index (κ2) is 5.86. The molecular formula is C18H15N5O2. The molecule has 0 bridgehead atoms. The van der Waals surface area contributed by atoms with Gasteiger partial charge in [-0.3, -0.25) is 14.3 Å². The molecule has 7 nitrogen and oxygen atoms in total. The molecule has 0 amide bonds. The van der Waals surface area contributed by atoms with Crippen LogP contribution in [-0.4, -0.2) is 23.7 Å². The Labute approximate surface area is 142 Å². The highest BCUT2D eigenvalue weighted by Gasteiger charge is 2.18. The first-order chi connectivity index (χ1) is 12.2. The van der Waals surface area contributed by atoms with Crippen LogP contribution in [0.1, 0.15) is 5.56 Å². The minimum atomic E-state index is -0.417. The Bertz CT molecular complexity index is 1160. The van der Waals surface area contributed by atoms with Crippen molar-refractivity contribution < 1.29 is 0 Å². The molecule has 0 atom stereocenters. The molecular weight excluding hydrogens is 318 g/mol. The largest absolute Gasteiger partial charge is 0.337 e. The van der Waals surface area contributed by atoms with Crippen LogP contribution in [0.3, 0.4) is 0 Å². The van der Waals surface area contributed by atoms with Crippen LogP contribution in [0, 0.1) is 0 Å². The van der Waals surface area contributed by atoms with Gasteiger partial charge in [-0.05, 0) is 29.8 Å². The second-order valence-electron chi connectivity index (χ2n) is 5.73. The minimum absolute atomic E-state index is 0.175. The highest BCUT2D eigenvalue weighted by Crippen LogP contribution is 2.12. The number of imidazole rings is 1. The third kappa shape index (κ3) is 2.46. The zero-order chi connectivity index (χ0) is 17.4. The maximum atomic E-state index is 13.1. The number of benzene rings is 1. The molecule has 0 aliphatic carbocycles. The first-order valence-corrected chi connectivity index (χ1v) is 7.78. The van der Waals surface area contributed by atoms with Crippen LogP contribution in [0.15, 0.2) is 70.8 Å². The minimum Gasteiger partial charge on any atom is -0.328 e. The van der Waals surface area contributed by atoms with Crippen molar-refractivity contribution in [3.63, 3.8) is 0 Å². The molecule has 4 rings (SSSR count). The summed E-state index contributed by atoms with van der Waals surface area (Å²) in [4.78, 5) is 34.2. The molecule has 0 aliphatic heterocycles. The number of pyridine rings is 1. The van der Waals surface area contributed by atoms with Gasteiger partial charge in [0.1, 0.15) is 0 Å². The lowest BCUT2D eigenvalue weighted by atomic mass is 10.2. The number of aryl methyl sites for hydroxylation is 1. The second-order valence-corrected chi connectivity index (χ2v) is 5.73. The smallest absolute Gasteiger partial charge is 0.328 e. The topological polar surface area (TPSA) is 74.7 Å². The molecule has 0 radical (unpaired) electrons. The molecule has 4 aromatic rings. The van der Waals surface area contributed by atoms with E-state index >= 15 is 0 Å². The monoisotopic (exact) mass is 333 g/mol. The van der Waals surface area contributed by atoms with E-state index in [4.69, 9.17) is 0 Å². The van der Waals surface area contributed by atoms with Crippen LogP contribution < -0.4 is 11.2 Å². The summed E-state index contributed by atoms with van der Waals surface area (Å²) in [6, 6.07) is 12.8. The van der Waals surface area contributed by atoms with E-state index in [0.29, 0.717) is 16.9 Å². The molecule has 0 unspecified atom stereocenters. The average molecular weight is 333 g/mol. The van der Waals surface area contributed by atoms with Gasteiger partial charge >= 0.3 is 5.69 Å². The predicted octanol–water partition coefficient (Wildman–Crippen LogP) is 1.33. The lowest BCUT2D eigenvalue weighted by Crippen LogP contribution is -2.40. The summed E-state index contributed by atoms with van der Waals surface area (Å²) in [5, 5.41) is 0. The van der Waals surface area contributed by atoms with Gasteiger partial charge in [-0.2, -0.15) is 0 Å². The van der Waals surface area contributed by atoms with Gasteiger partial charge in [0.25, 0.3) is 5.56 Å². The Kier molecular flexibility index (Phi) is 3.53. The quantitative estimate of drug-likeness (QED) is 0.567. The number of rotatable bonds is 3. The van der Waals surface area contributed by atoms with Crippen LogP contribution in [0.2, 0.25) is 0 Å². The summed E-state index contributed by atoms with van der Waals surface area (Å²) >= 11 is 0. The molecule has 0 N–H and O–H groups in total.